The zero-order chi connectivity index (χ0) is 21.8. The number of nitrogen functional groups attached to an aromatic ring is 1. The van der Waals surface area contributed by atoms with E-state index in [2.05, 4.69) is 15.3 Å². The fraction of sp³-hybridized carbons (Fsp3) is 0.174. The molecule has 4 rings (SSSR count). The molecule has 1 amide bonds. The molecule has 0 bridgehead atoms. The van der Waals surface area contributed by atoms with Gasteiger partial charge in [0.15, 0.2) is 5.17 Å². The van der Waals surface area contributed by atoms with Crippen LogP contribution < -0.4 is 15.8 Å². The summed E-state index contributed by atoms with van der Waals surface area (Å²) < 4.78 is 19.0. The molecular formula is C23H21FN4O2S. The highest BCUT2D eigenvalue weighted by Gasteiger charge is 2.21. The van der Waals surface area contributed by atoms with Crippen molar-refractivity contribution in [3.05, 3.63) is 70.4 Å². The van der Waals surface area contributed by atoms with Crippen LogP contribution >= 0.6 is 11.8 Å². The minimum Gasteiger partial charge on any atom is -0.493 e. The smallest absolute Gasteiger partial charge is 0.286 e. The van der Waals surface area contributed by atoms with Gasteiger partial charge in [-0.15, -0.1) is 0 Å². The highest BCUT2D eigenvalue weighted by molar-refractivity contribution is 8.18. The second-order valence-electron chi connectivity index (χ2n) is 6.89. The Balaban J connectivity index is 1.46. The Morgan fingerprint density at radius 1 is 1.23 bits per heavy atom. The molecule has 0 saturated heterocycles. The standard InChI is InChI=1S/C23H21FN4O2S/c1-2-30-19-13-21(25)27-18-7-6-15(11-17(18)19)12-20-22(29)28-23(31-20)26-9-8-14-4-3-5-16(24)10-14/h3-7,10-13H,2,8-9H2,1H3,(H2,25,27)(H,26,28,29). The number of rotatable bonds is 6. The van der Waals surface area contributed by atoms with Gasteiger partial charge in [-0.3, -0.25) is 4.79 Å². The van der Waals surface area contributed by atoms with Crippen molar-refractivity contribution >= 4 is 45.6 Å². The molecule has 0 saturated carbocycles. The van der Waals surface area contributed by atoms with Crippen LogP contribution in [-0.2, 0) is 11.2 Å². The Bertz CT molecular complexity index is 1210. The first-order chi connectivity index (χ1) is 15.0. The summed E-state index contributed by atoms with van der Waals surface area (Å²) in [6, 6.07) is 13.8. The Morgan fingerprint density at radius 3 is 2.90 bits per heavy atom. The molecule has 6 nitrogen and oxygen atoms in total. The van der Waals surface area contributed by atoms with Crippen LogP contribution in [0.3, 0.4) is 0 Å². The van der Waals surface area contributed by atoms with E-state index in [1.165, 1.54) is 23.9 Å². The molecule has 3 N–H and O–H groups in total. The largest absolute Gasteiger partial charge is 0.493 e. The summed E-state index contributed by atoms with van der Waals surface area (Å²) in [5.41, 5.74) is 8.30. The van der Waals surface area contributed by atoms with Gasteiger partial charge < -0.3 is 15.8 Å². The third kappa shape index (κ3) is 5.03. The van der Waals surface area contributed by atoms with Gasteiger partial charge in [0.05, 0.1) is 17.0 Å². The third-order valence-electron chi connectivity index (χ3n) is 4.61. The maximum atomic E-state index is 13.3. The van der Waals surface area contributed by atoms with Gasteiger partial charge in [0.1, 0.15) is 17.4 Å². The second kappa shape index (κ2) is 9.18. The van der Waals surface area contributed by atoms with Crippen LogP contribution in [0.4, 0.5) is 10.2 Å². The lowest BCUT2D eigenvalue weighted by Gasteiger charge is -2.09. The average Bonchev–Trinajstić information content (AvgIpc) is 3.07. The summed E-state index contributed by atoms with van der Waals surface area (Å²) in [6.07, 6.45) is 2.43. The molecule has 0 aliphatic carbocycles. The molecular weight excluding hydrogens is 415 g/mol. The van der Waals surface area contributed by atoms with E-state index in [-0.39, 0.29) is 11.7 Å². The monoisotopic (exact) mass is 436 g/mol. The van der Waals surface area contributed by atoms with Gasteiger partial charge in [-0.1, -0.05) is 18.2 Å². The normalized spacial score (nSPS) is 14.8. The van der Waals surface area contributed by atoms with Crippen LogP contribution in [0.15, 0.2) is 58.4 Å². The molecule has 158 valence electrons. The van der Waals surface area contributed by atoms with E-state index in [9.17, 15) is 9.18 Å². The number of nitrogens with one attached hydrogen (secondary N) is 1. The number of hydrogen-bond acceptors (Lipinski definition) is 6. The zero-order valence-corrected chi connectivity index (χ0v) is 17.7. The summed E-state index contributed by atoms with van der Waals surface area (Å²) >= 11 is 1.28. The van der Waals surface area contributed by atoms with Crippen molar-refractivity contribution in [1.29, 1.82) is 0 Å². The maximum absolute atomic E-state index is 13.3. The molecule has 2 aromatic carbocycles. The number of nitrogens with two attached hydrogens (primary N) is 1. The first-order valence-electron chi connectivity index (χ1n) is 9.86. The molecule has 0 atom stereocenters. The van der Waals surface area contributed by atoms with Crippen LogP contribution in [-0.4, -0.2) is 29.2 Å². The Hall–Kier alpha value is -3.39. The first kappa shape index (κ1) is 20.9. The molecule has 3 aromatic rings. The summed E-state index contributed by atoms with van der Waals surface area (Å²) in [7, 11) is 0. The van der Waals surface area contributed by atoms with Gasteiger partial charge in [-0.25, -0.2) is 9.37 Å². The van der Waals surface area contributed by atoms with Gasteiger partial charge in [0.25, 0.3) is 5.91 Å². The molecule has 8 heteroatoms. The zero-order valence-electron chi connectivity index (χ0n) is 16.9. The maximum Gasteiger partial charge on any atom is 0.286 e. The average molecular weight is 437 g/mol. The van der Waals surface area contributed by atoms with E-state index in [4.69, 9.17) is 10.5 Å². The topological polar surface area (TPSA) is 89.6 Å². The third-order valence-corrected chi connectivity index (χ3v) is 5.55. The molecule has 0 radical (unpaired) electrons. The number of thioether (sulfide) groups is 1. The minimum atomic E-state index is -0.293. The van der Waals surface area contributed by atoms with E-state index in [1.54, 1.807) is 18.2 Å². The van der Waals surface area contributed by atoms with Gasteiger partial charge in [-0.05, 0) is 66.6 Å². The van der Waals surface area contributed by atoms with Crippen LogP contribution in [0.25, 0.3) is 17.0 Å². The van der Waals surface area contributed by atoms with E-state index in [0.29, 0.717) is 41.2 Å². The van der Waals surface area contributed by atoms with Crippen molar-refractivity contribution < 1.29 is 13.9 Å². The van der Waals surface area contributed by atoms with Crippen LogP contribution in [0.2, 0.25) is 0 Å². The first-order valence-corrected chi connectivity index (χ1v) is 10.7. The molecule has 1 aliphatic rings. The number of fused-ring (bicyclic) bond motifs is 1. The van der Waals surface area contributed by atoms with Crippen molar-refractivity contribution in [2.75, 3.05) is 18.9 Å². The Labute approximate surface area is 183 Å². The molecule has 1 aromatic heterocycles. The lowest BCUT2D eigenvalue weighted by molar-refractivity contribution is -0.113. The van der Waals surface area contributed by atoms with E-state index in [1.807, 2.05) is 31.2 Å². The number of benzene rings is 2. The molecule has 0 spiro atoms. The number of carbonyl (C=O) groups is 1. The number of amidine groups is 1. The SMILES string of the molecule is CCOc1cc(N)nc2ccc(C=C3SC(NCCc4cccc(F)c4)=NC3=O)cc12. The fourth-order valence-electron chi connectivity index (χ4n) is 3.24. The van der Waals surface area contributed by atoms with Gasteiger partial charge in [0.2, 0.25) is 0 Å². The summed E-state index contributed by atoms with van der Waals surface area (Å²) in [6.45, 7) is 2.97. The Morgan fingerprint density at radius 2 is 2.10 bits per heavy atom. The number of halogens is 1. The predicted octanol–water partition coefficient (Wildman–Crippen LogP) is 4.16. The van der Waals surface area contributed by atoms with E-state index in [0.717, 1.165) is 22.0 Å². The lowest BCUT2D eigenvalue weighted by Crippen LogP contribution is -2.21. The number of pyridine rings is 1. The van der Waals surface area contributed by atoms with Crippen LogP contribution in [0.1, 0.15) is 18.1 Å². The Kier molecular flexibility index (Phi) is 6.18. The number of aromatic nitrogens is 1. The minimum absolute atomic E-state index is 0.258. The number of ether oxygens (including phenoxy) is 1. The van der Waals surface area contributed by atoms with Crippen molar-refractivity contribution in [3.63, 3.8) is 0 Å². The van der Waals surface area contributed by atoms with Crippen molar-refractivity contribution in [2.24, 2.45) is 4.99 Å². The van der Waals surface area contributed by atoms with Gasteiger partial charge in [-0.2, -0.15) is 4.99 Å². The summed E-state index contributed by atoms with van der Waals surface area (Å²) in [5, 5.41) is 4.51. The molecule has 0 unspecified atom stereocenters. The second-order valence-corrected chi connectivity index (χ2v) is 7.92. The molecule has 0 fully saturated rings. The highest BCUT2D eigenvalue weighted by atomic mass is 32.2. The number of anilines is 1. The quantitative estimate of drug-likeness (QED) is 0.564. The number of amides is 1. The number of aliphatic imine (C=N–C) groups is 1. The lowest BCUT2D eigenvalue weighted by atomic mass is 10.1. The van der Waals surface area contributed by atoms with E-state index < -0.39 is 0 Å². The van der Waals surface area contributed by atoms with Gasteiger partial charge in [0, 0.05) is 18.0 Å². The van der Waals surface area contributed by atoms with Crippen molar-refractivity contribution in [3.8, 4) is 5.75 Å². The molecule has 31 heavy (non-hydrogen) atoms. The summed E-state index contributed by atoms with van der Waals surface area (Å²) in [5.74, 6) is 0.502. The number of hydrogen-bond donors (Lipinski definition) is 2. The number of carbonyl (C=O) groups excluding carboxylic acids is 1. The number of nitrogens with zero attached hydrogens (tertiary/aromatic N) is 2. The van der Waals surface area contributed by atoms with Crippen molar-refractivity contribution in [2.45, 2.75) is 13.3 Å². The molecule has 1 aliphatic heterocycles. The van der Waals surface area contributed by atoms with Crippen molar-refractivity contribution in [1.82, 2.24) is 10.3 Å². The molecule has 2 heterocycles. The van der Waals surface area contributed by atoms with Crippen LogP contribution in [0.5, 0.6) is 5.75 Å². The van der Waals surface area contributed by atoms with Gasteiger partial charge >= 0.3 is 0 Å². The predicted molar refractivity (Wildman–Crippen MR) is 123 cm³/mol. The fourth-order valence-corrected chi connectivity index (χ4v) is 4.08. The summed E-state index contributed by atoms with van der Waals surface area (Å²) in [4.78, 5) is 21.2. The highest BCUT2D eigenvalue weighted by Crippen LogP contribution is 2.31. The van der Waals surface area contributed by atoms with Crippen LogP contribution in [0, 0.1) is 5.82 Å². The van der Waals surface area contributed by atoms with E-state index >= 15 is 0 Å².